The maximum absolute atomic E-state index is 5.73. The van der Waals surface area contributed by atoms with Gasteiger partial charge in [-0.1, -0.05) is 35.0 Å². The Labute approximate surface area is 130 Å². The molecule has 3 rings (SSSR count). The molecule has 2 aromatic carbocycles. The van der Waals surface area contributed by atoms with Gasteiger partial charge in [-0.15, -0.1) is 11.3 Å². The van der Waals surface area contributed by atoms with Crippen LogP contribution in [0.15, 0.2) is 46.9 Å². The van der Waals surface area contributed by atoms with Gasteiger partial charge in [0, 0.05) is 16.6 Å². The number of thiazole rings is 1. The molecule has 0 bridgehead atoms. The number of nitrogen functional groups attached to an aromatic ring is 1. The van der Waals surface area contributed by atoms with Gasteiger partial charge in [0.05, 0.1) is 15.2 Å². The van der Waals surface area contributed by atoms with Crippen molar-refractivity contribution in [2.75, 3.05) is 5.73 Å². The normalized spacial score (nSPS) is 12.7. The first-order chi connectivity index (χ1) is 9.61. The number of halogens is 1. The molecule has 0 saturated carbocycles. The highest BCUT2D eigenvalue weighted by molar-refractivity contribution is 9.10. The standard InChI is InChI=1S/C16H15BrN2S/c1-10(11-2-5-13(18)6-3-11)8-16-19-14-7-4-12(17)9-15(14)20-16/h2-7,9-10H,8,18H2,1H3. The molecule has 0 radical (unpaired) electrons. The maximum atomic E-state index is 5.73. The van der Waals surface area contributed by atoms with E-state index in [1.165, 1.54) is 15.3 Å². The van der Waals surface area contributed by atoms with Gasteiger partial charge in [0.25, 0.3) is 0 Å². The van der Waals surface area contributed by atoms with Crippen LogP contribution >= 0.6 is 27.3 Å². The van der Waals surface area contributed by atoms with E-state index < -0.39 is 0 Å². The van der Waals surface area contributed by atoms with Gasteiger partial charge in [-0.05, 0) is 41.8 Å². The van der Waals surface area contributed by atoms with Gasteiger partial charge in [-0.25, -0.2) is 4.98 Å². The molecule has 102 valence electrons. The third-order valence-electron chi connectivity index (χ3n) is 3.38. The number of hydrogen-bond acceptors (Lipinski definition) is 3. The summed E-state index contributed by atoms with van der Waals surface area (Å²) in [4.78, 5) is 4.71. The average Bonchev–Trinajstić information content (AvgIpc) is 2.80. The van der Waals surface area contributed by atoms with E-state index in [4.69, 9.17) is 10.7 Å². The number of hydrogen-bond donors (Lipinski definition) is 1. The lowest BCUT2D eigenvalue weighted by Gasteiger charge is -2.10. The molecule has 2 N–H and O–H groups in total. The molecule has 0 amide bonds. The molecule has 2 nitrogen and oxygen atoms in total. The number of anilines is 1. The second-order valence-electron chi connectivity index (χ2n) is 4.99. The molecule has 0 aliphatic heterocycles. The first-order valence-corrected chi connectivity index (χ1v) is 8.13. The lowest BCUT2D eigenvalue weighted by molar-refractivity contribution is 0.756. The summed E-state index contributed by atoms with van der Waals surface area (Å²) in [5.41, 5.74) is 8.93. The second-order valence-corrected chi connectivity index (χ2v) is 7.02. The Bertz CT molecular complexity index is 734. The third-order valence-corrected chi connectivity index (χ3v) is 4.91. The van der Waals surface area contributed by atoms with E-state index in [-0.39, 0.29) is 0 Å². The Kier molecular flexibility index (Phi) is 3.76. The fraction of sp³-hybridized carbons (Fsp3) is 0.188. The highest BCUT2D eigenvalue weighted by Crippen LogP contribution is 2.29. The van der Waals surface area contributed by atoms with Crippen LogP contribution in [0.3, 0.4) is 0 Å². The molecular formula is C16H15BrN2S. The fourth-order valence-electron chi connectivity index (χ4n) is 2.24. The second kappa shape index (κ2) is 5.54. The molecule has 0 aliphatic rings. The average molecular weight is 347 g/mol. The molecular weight excluding hydrogens is 332 g/mol. The SMILES string of the molecule is CC(Cc1nc2ccc(Br)cc2s1)c1ccc(N)cc1. The van der Waals surface area contributed by atoms with Crippen LogP contribution in [0.2, 0.25) is 0 Å². The molecule has 0 saturated heterocycles. The van der Waals surface area contributed by atoms with Crippen molar-refractivity contribution in [3.8, 4) is 0 Å². The van der Waals surface area contributed by atoms with Gasteiger partial charge in [0.2, 0.25) is 0 Å². The quantitative estimate of drug-likeness (QED) is 0.678. The van der Waals surface area contributed by atoms with Gasteiger partial charge in [-0.3, -0.25) is 0 Å². The highest BCUT2D eigenvalue weighted by atomic mass is 79.9. The summed E-state index contributed by atoms with van der Waals surface area (Å²) in [6.45, 7) is 2.23. The zero-order chi connectivity index (χ0) is 14.1. The van der Waals surface area contributed by atoms with Gasteiger partial charge in [-0.2, -0.15) is 0 Å². The molecule has 0 spiro atoms. The molecule has 1 unspecified atom stereocenters. The van der Waals surface area contributed by atoms with Gasteiger partial charge in [0.15, 0.2) is 0 Å². The zero-order valence-electron chi connectivity index (χ0n) is 11.1. The number of nitrogens with zero attached hydrogens (tertiary/aromatic N) is 1. The number of fused-ring (bicyclic) bond motifs is 1. The van der Waals surface area contributed by atoms with Gasteiger partial charge >= 0.3 is 0 Å². The molecule has 1 atom stereocenters. The van der Waals surface area contributed by atoms with Crippen LogP contribution in [0.4, 0.5) is 5.69 Å². The van der Waals surface area contributed by atoms with E-state index in [1.807, 2.05) is 18.2 Å². The lowest BCUT2D eigenvalue weighted by atomic mass is 9.98. The van der Waals surface area contributed by atoms with E-state index in [2.05, 4.69) is 47.1 Å². The zero-order valence-corrected chi connectivity index (χ0v) is 13.5. The summed E-state index contributed by atoms with van der Waals surface area (Å²) in [7, 11) is 0. The Morgan fingerprint density at radius 2 is 1.95 bits per heavy atom. The van der Waals surface area contributed by atoms with Crippen molar-refractivity contribution < 1.29 is 0 Å². The minimum absolute atomic E-state index is 0.444. The van der Waals surface area contributed by atoms with Crippen molar-refractivity contribution in [2.45, 2.75) is 19.3 Å². The van der Waals surface area contributed by atoms with E-state index in [1.54, 1.807) is 11.3 Å². The summed E-state index contributed by atoms with van der Waals surface area (Å²) < 4.78 is 2.34. The van der Waals surface area contributed by atoms with Gasteiger partial charge < -0.3 is 5.73 Å². The molecule has 1 aromatic heterocycles. The Hall–Kier alpha value is -1.39. The summed E-state index contributed by atoms with van der Waals surface area (Å²) in [5.74, 6) is 0.444. The van der Waals surface area contributed by atoms with Crippen LogP contribution in [-0.2, 0) is 6.42 Å². The van der Waals surface area contributed by atoms with Crippen LogP contribution < -0.4 is 5.73 Å². The topological polar surface area (TPSA) is 38.9 Å². The first-order valence-electron chi connectivity index (χ1n) is 6.52. The van der Waals surface area contributed by atoms with E-state index in [0.717, 1.165) is 22.1 Å². The molecule has 0 fully saturated rings. The molecule has 20 heavy (non-hydrogen) atoms. The van der Waals surface area contributed by atoms with Crippen molar-refractivity contribution in [1.29, 1.82) is 0 Å². The largest absolute Gasteiger partial charge is 0.399 e. The number of aromatic nitrogens is 1. The van der Waals surface area contributed by atoms with E-state index in [0.29, 0.717) is 5.92 Å². The molecule has 4 heteroatoms. The fourth-order valence-corrected chi connectivity index (χ4v) is 3.89. The smallest absolute Gasteiger partial charge is 0.0944 e. The van der Waals surface area contributed by atoms with Crippen molar-refractivity contribution in [1.82, 2.24) is 4.98 Å². The summed E-state index contributed by atoms with van der Waals surface area (Å²) in [6, 6.07) is 14.4. The summed E-state index contributed by atoms with van der Waals surface area (Å²) in [6.07, 6.45) is 0.959. The molecule has 0 aliphatic carbocycles. The van der Waals surface area contributed by atoms with Crippen molar-refractivity contribution >= 4 is 43.2 Å². The summed E-state index contributed by atoms with van der Waals surface area (Å²) >= 11 is 5.27. The van der Waals surface area contributed by atoms with Crippen molar-refractivity contribution in [3.05, 3.63) is 57.5 Å². The maximum Gasteiger partial charge on any atom is 0.0944 e. The number of benzene rings is 2. The van der Waals surface area contributed by atoms with Gasteiger partial charge in [0.1, 0.15) is 0 Å². The Balaban J connectivity index is 1.83. The number of nitrogens with two attached hydrogens (primary N) is 1. The first kappa shape index (κ1) is 13.6. The highest BCUT2D eigenvalue weighted by Gasteiger charge is 2.11. The molecule has 3 aromatic rings. The predicted octanol–water partition coefficient (Wildman–Crippen LogP) is 4.99. The predicted molar refractivity (Wildman–Crippen MR) is 90.3 cm³/mol. The Morgan fingerprint density at radius 1 is 1.20 bits per heavy atom. The minimum atomic E-state index is 0.444. The minimum Gasteiger partial charge on any atom is -0.399 e. The van der Waals surface area contributed by atoms with Crippen LogP contribution in [0.25, 0.3) is 10.2 Å². The van der Waals surface area contributed by atoms with E-state index >= 15 is 0 Å². The van der Waals surface area contributed by atoms with Crippen LogP contribution in [0, 0.1) is 0 Å². The van der Waals surface area contributed by atoms with Crippen LogP contribution in [0.1, 0.15) is 23.4 Å². The van der Waals surface area contributed by atoms with Crippen LogP contribution in [-0.4, -0.2) is 4.98 Å². The van der Waals surface area contributed by atoms with Crippen molar-refractivity contribution in [3.63, 3.8) is 0 Å². The molecule has 1 heterocycles. The lowest BCUT2D eigenvalue weighted by Crippen LogP contribution is -1.98. The van der Waals surface area contributed by atoms with E-state index in [9.17, 15) is 0 Å². The number of rotatable bonds is 3. The van der Waals surface area contributed by atoms with Crippen LogP contribution in [0.5, 0.6) is 0 Å². The Morgan fingerprint density at radius 3 is 2.70 bits per heavy atom. The third kappa shape index (κ3) is 2.86. The summed E-state index contributed by atoms with van der Waals surface area (Å²) in [5, 5.41) is 1.18. The van der Waals surface area contributed by atoms with Crippen molar-refractivity contribution in [2.24, 2.45) is 0 Å². The monoisotopic (exact) mass is 346 g/mol.